The molecule has 0 unspecified atom stereocenters. The summed E-state index contributed by atoms with van der Waals surface area (Å²) < 4.78 is 7.09. The molecule has 1 amide bonds. The minimum atomic E-state index is -0.231. The van der Waals surface area contributed by atoms with Gasteiger partial charge in [0.1, 0.15) is 11.5 Å². The molecular weight excluding hydrogens is 322 g/mol. The zero-order valence-electron chi connectivity index (χ0n) is 13.6. The second kappa shape index (κ2) is 6.80. The average Bonchev–Trinajstić information content (AvgIpc) is 3.29. The second-order valence-corrected chi connectivity index (χ2v) is 5.78. The number of fused-ring (bicyclic) bond motifs is 1. The van der Waals surface area contributed by atoms with Gasteiger partial charge < -0.3 is 14.4 Å². The zero-order chi connectivity index (χ0) is 17.1. The Morgan fingerprint density at radius 2 is 2.24 bits per heavy atom. The molecule has 9 heteroatoms. The predicted octanol–water partition coefficient (Wildman–Crippen LogP) is 1.03. The number of hydrogen-bond acceptors (Lipinski definition) is 7. The zero-order valence-corrected chi connectivity index (χ0v) is 13.6. The molecule has 0 saturated carbocycles. The molecule has 0 bridgehead atoms. The molecule has 1 N–H and O–H groups in total. The van der Waals surface area contributed by atoms with Crippen LogP contribution in [0.15, 0.2) is 28.9 Å². The van der Waals surface area contributed by atoms with E-state index in [2.05, 4.69) is 30.6 Å². The lowest BCUT2D eigenvalue weighted by Gasteiger charge is -2.14. The number of aromatic nitrogens is 6. The largest absolute Gasteiger partial charge is 0.349 e. The van der Waals surface area contributed by atoms with Gasteiger partial charge in [0.05, 0.1) is 0 Å². The van der Waals surface area contributed by atoms with Crippen molar-refractivity contribution in [3.8, 4) is 11.5 Å². The monoisotopic (exact) mass is 339 g/mol. The summed E-state index contributed by atoms with van der Waals surface area (Å²) in [6.45, 7) is 1.17. The molecule has 0 aliphatic carbocycles. The fourth-order valence-electron chi connectivity index (χ4n) is 2.79. The first kappa shape index (κ1) is 15.4. The molecule has 0 saturated heterocycles. The van der Waals surface area contributed by atoms with Gasteiger partial charge in [-0.15, -0.1) is 10.2 Å². The van der Waals surface area contributed by atoms with E-state index >= 15 is 0 Å². The summed E-state index contributed by atoms with van der Waals surface area (Å²) >= 11 is 0. The maximum atomic E-state index is 12.3. The minimum absolute atomic E-state index is 0.231. The van der Waals surface area contributed by atoms with Gasteiger partial charge in [0, 0.05) is 32.1 Å². The van der Waals surface area contributed by atoms with Crippen molar-refractivity contribution in [1.29, 1.82) is 0 Å². The lowest BCUT2D eigenvalue weighted by Crippen LogP contribution is -2.29. The normalized spacial score (nSPS) is 13.4. The summed E-state index contributed by atoms with van der Waals surface area (Å²) in [4.78, 5) is 20.7. The van der Waals surface area contributed by atoms with Crippen molar-refractivity contribution in [3.05, 3.63) is 41.9 Å². The summed E-state index contributed by atoms with van der Waals surface area (Å²) in [5, 5.41) is 14.8. The van der Waals surface area contributed by atoms with Crippen LogP contribution in [0, 0.1) is 0 Å². The first-order valence-electron chi connectivity index (χ1n) is 8.25. The number of nitrogens with one attached hydrogen (secondary N) is 1. The fourth-order valence-corrected chi connectivity index (χ4v) is 2.79. The highest BCUT2D eigenvalue weighted by Crippen LogP contribution is 2.14. The smallest absolute Gasteiger partial charge is 0.289 e. The highest BCUT2D eigenvalue weighted by molar-refractivity contribution is 5.90. The van der Waals surface area contributed by atoms with Gasteiger partial charge in [0.25, 0.3) is 5.91 Å². The number of carbonyl (C=O) groups excluding carboxylic acids is 1. The first-order chi connectivity index (χ1) is 12.3. The van der Waals surface area contributed by atoms with Crippen LogP contribution in [0.2, 0.25) is 0 Å². The van der Waals surface area contributed by atoms with Crippen LogP contribution in [0.1, 0.15) is 35.2 Å². The van der Waals surface area contributed by atoms with Crippen molar-refractivity contribution in [2.75, 3.05) is 6.54 Å². The van der Waals surface area contributed by atoms with E-state index in [1.165, 1.54) is 0 Å². The summed E-state index contributed by atoms with van der Waals surface area (Å²) in [6, 6.07) is 5.49. The van der Waals surface area contributed by atoms with E-state index in [-0.39, 0.29) is 5.91 Å². The molecule has 4 heterocycles. The molecule has 4 rings (SSSR count). The molecule has 128 valence electrons. The molecule has 3 aromatic heterocycles. The quantitative estimate of drug-likeness (QED) is 0.739. The molecule has 0 aromatic carbocycles. The number of aryl methyl sites for hydroxylation is 1. The van der Waals surface area contributed by atoms with Gasteiger partial charge in [-0.1, -0.05) is 11.2 Å². The van der Waals surface area contributed by atoms with Gasteiger partial charge in [-0.3, -0.25) is 9.78 Å². The van der Waals surface area contributed by atoms with Crippen LogP contribution in [0.5, 0.6) is 0 Å². The van der Waals surface area contributed by atoms with E-state index < -0.39 is 0 Å². The molecule has 3 aromatic rings. The Kier molecular flexibility index (Phi) is 4.19. The first-order valence-corrected chi connectivity index (χ1v) is 8.25. The maximum absolute atomic E-state index is 12.3. The second-order valence-electron chi connectivity index (χ2n) is 5.78. The Morgan fingerprint density at radius 3 is 3.12 bits per heavy atom. The van der Waals surface area contributed by atoms with Crippen molar-refractivity contribution in [1.82, 2.24) is 35.2 Å². The molecule has 1 aliphatic heterocycles. The number of carbonyl (C=O) groups is 1. The highest BCUT2D eigenvalue weighted by atomic mass is 16.5. The fraction of sp³-hybridized carbons (Fsp3) is 0.375. The lowest BCUT2D eigenvalue weighted by molar-refractivity contribution is 0.0937. The van der Waals surface area contributed by atoms with E-state index in [4.69, 9.17) is 4.52 Å². The summed E-state index contributed by atoms with van der Waals surface area (Å²) in [5.74, 6) is 1.91. The molecule has 0 fully saturated rings. The van der Waals surface area contributed by atoms with Crippen molar-refractivity contribution < 1.29 is 9.32 Å². The van der Waals surface area contributed by atoms with E-state index in [1.807, 2.05) is 22.8 Å². The Hall–Kier alpha value is -3.10. The van der Waals surface area contributed by atoms with E-state index in [0.29, 0.717) is 36.2 Å². The Bertz CT molecular complexity index is 872. The number of amides is 1. The molecule has 9 nitrogen and oxygen atoms in total. The van der Waals surface area contributed by atoms with Crippen LogP contribution in [0.3, 0.4) is 0 Å². The van der Waals surface area contributed by atoms with Gasteiger partial charge in [0.2, 0.25) is 17.5 Å². The number of hydrogen-bond donors (Lipinski definition) is 1. The Morgan fingerprint density at radius 1 is 1.28 bits per heavy atom. The predicted molar refractivity (Wildman–Crippen MR) is 86.5 cm³/mol. The van der Waals surface area contributed by atoms with Gasteiger partial charge in [-0.05, 0) is 25.0 Å². The van der Waals surface area contributed by atoms with Gasteiger partial charge in [0.15, 0.2) is 0 Å². The molecule has 0 atom stereocenters. The molecule has 1 aliphatic rings. The third kappa shape index (κ3) is 3.25. The van der Waals surface area contributed by atoms with Crippen LogP contribution in [0.25, 0.3) is 11.5 Å². The summed E-state index contributed by atoms with van der Waals surface area (Å²) in [7, 11) is 0. The van der Waals surface area contributed by atoms with Gasteiger partial charge >= 0.3 is 0 Å². The van der Waals surface area contributed by atoms with E-state index in [0.717, 1.165) is 31.6 Å². The van der Waals surface area contributed by atoms with E-state index in [9.17, 15) is 4.79 Å². The molecular formula is C16H17N7O2. The SMILES string of the molecule is O=C(NCCc1nc(-c2ccccn2)no1)c1nnc2n1CCCC2. The Balaban J connectivity index is 1.34. The van der Waals surface area contributed by atoms with Crippen molar-refractivity contribution in [2.45, 2.75) is 32.2 Å². The lowest BCUT2D eigenvalue weighted by atomic mass is 10.1. The Labute approximate surface area is 143 Å². The number of rotatable bonds is 5. The average molecular weight is 339 g/mol. The number of pyridine rings is 1. The molecule has 25 heavy (non-hydrogen) atoms. The van der Waals surface area contributed by atoms with Crippen molar-refractivity contribution in [3.63, 3.8) is 0 Å². The third-order valence-electron chi connectivity index (χ3n) is 4.05. The van der Waals surface area contributed by atoms with Gasteiger partial charge in [-0.25, -0.2) is 0 Å². The van der Waals surface area contributed by atoms with Crippen molar-refractivity contribution >= 4 is 5.91 Å². The van der Waals surface area contributed by atoms with Crippen LogP contribution in [-0.2, 0) is 19.4 Å². The number of nitrogens with zero attached hydrogens (tertiary/aromatic N) is 6. The van der Waals surface area contributed by atoms with Crippen LogP contribution < -0.4 is 5.32 Å². The summed E-state index contributed by atoms with van der Waals surface area (Å²) in [6.07, 6.45) is 5.12. The maximum Gasteiger partial charge on any atom is 0.289 e. The molecule has 0 radical (unpaired) electrons. The topological polar surface area (TPSA) is 112 Å². The van der Waals surface area contributed by atoms with Gasteiger partial charge in [-0.2, -0.15) is 4.98 Å². The van der Waals surface area contributed by atoms with E-state index in [1.54, 1.807) is 6.20 Å². The van der Waals surface area contributed by atoms with Crippen LogP contribution >= 0.6 is 0 Å². The highest BCUT2D eigenvalue weighted by Gasteiger charge is 2.20. The standard InChI is InChI=1S/C16H17N7O2/c24-16(15-21-20-12-6-2-4-10-23(12)15)18-9-7-13-19-14(22-25-13)11-5-1-3-8-17-11/h1,3,5,8H,2,4,6-7,9-10H2,(H,18,24). The third-order valence-corrected chi connectivity index (χ3v) is 4.05. The molecule has 0 spiro atoms. The van der Waals surface area contributed by atoms with Crippen LogP contribution in [0.4, 0.5) is 0 Å². The van der Waals surface area contributed by atoms with Crippen molar-refractivity contribution in [2.24, 2.45) is 0 Å². The minimum Gasteiger partial charge on any atom is -0.349 e. The van der Waals surface area contributed by atoms with Crippen LogP contribution in [-0.4, -0.2) is 42.3 Å². The summed E-state index contributed by atoms with van der Waals surface area (Å²) in [5.41, 5.74) is 0.650.